The normalized spacial score (nSPS) is 10.4. The molecule has 1 aromatic carbocycles. The van der Waals surface area contributed by atoms with Crippen LogP contribution in [-0.4, -0.2) is 20.8 Å². The number of nitro groups is 1. The molecule has 0 atom stereocenters. The minimum absolute atomic E-state index is 0.0973. The van der Waals surface area contributed by atoms with E-state index in [1.54, 1.807) is 29.1 Å². The van der Waals surface area contributed by atoms with Crippen molar-refractivity contribution < 1.29 is 9.72 Å². The summed E-state index contributed by atoms with van der Waals surface area (Å²) in [6, 6.07) is 4.41. The minimum Gasteiger partial charge on any atom is -0.298 e. The Bertz CT molecular complexity index is 619. The van der Waals surface area contributed by atoms with Gasteiger partial charge in [0.25, 0.3) is 5.69 Å². The summed E-state index contributed by atoms with van der Waals surface area (Å²) in [5.74, 6) is 0.768. The van der Waals surface area contributed by atoms with Crippen molar-refractivity contribution in [3.63, 3.8) is 0 Å². The molecule has 0 aliphatic heterocycles. The lowest BCUT2D eigenvalue weighted by atomic mass is 10.2. The molecule has 0 N–H and O–H groups in total. The van der Waals surface area contributed by atoms with Crippen LogP contribution in [-0.2, 0) is 6.42 Å². The molecule has 0 saturated heterocycles. The third-order valence-electron chi connectivity index (χ3n) is 2.78. The molecule has 2 rings (SSSR count). The van der Waals surface area contributed by atoms with E-state index in [0.717, 1.165) is 18.7 Å². The van der Waals surface area contributed by atoms with E-state index in [1.165, 1.54) is 6.07 Å². The Morgan fingerprint density at radius 2 is 2.26 bits per heavy atom. The second-order valence-corrected chi connectivity index (χ2v) is 4.09. The van der Waals surface area contributed by atoms with Crippen LogP contribution >= 0.6 is 0 Å². The Balaban J connectivity index is 2.57. The van der Waals surface area contributed by atoms with Gasteiger partial charge in [0.1, 0.15) is 17.8 Å². The third kappa shape index (κ3) is 2.52. The number of hydrogen-bond acceptors (Lipinski definition) is 4. The molecule has 0 bridgehead atoms. The molecule has 0 aliphatic carbocycles. The fourth-order valence-corrected chi connectivity index (χ4v) is 1.93. The number of carbonyl (C=O) groups excluding carboxylic acids is 1. The topological polar surface area (TPSA) is 78.0 Å². The Morgan fingerprint density at radius 3 is 2.89 bits per heavy atom. The van der Waals surface area contributed by atoms with Crippen LogP contribution in [0.4, 0.5) is 5.69 Å². The molecule has 98 valence electrons. The Labute approximate surface area is 109 Å². The van der Waals surface area contributed by atoms with E-state index in [2.05, 4.69) is 4.98 Å². The van der Waals surface area contributed by atoms with Crippen LogP contribution < -0.4 is 0 Å². The number of aryl methyl sites for hydroxylation is 1. The second-order valence-electron chi connectivity index (χ2n) is 4.09. The average molecular weight is 259 g/mol. The second kappa shape index (κ2) is 5.43. The van der Waals surface area contributed by atoms with Gasteiger partial charge in [0.2, 0.25) is 0 Å². The number of aldehydes is 1. The van der Waals surface area contributed by atoms with E-state index in [1.807, 2.05) is 6.92 Å². The van der Waals surface area contributed by atoms with Crippen molar-refractivity contribution in [2.45, 2.75) is 19.8 Å². The molecule has 0 amide bonds. The predicted molar refractivity (Wildman–Crippen MR) is 69.6 cm³/mol. The number of benzene rings is 1. The Morgan fingerprint density at radius 1 is 1.47 bits per heavy atom. The first kappa shape index (κ1) is 12.9. The van der Waals surface area contributed by atoms with Gasteiger partial charge in [-0.1, -0.05) is 6.92 Å². The summed E-state index contributed by atoms with van der Waals surface area (Å²) in [6.07, 6.45) is 5.53. The molecule has 6 nitrogen and oxygen atoms in total. The van der Waals surface area contributed by atoms with Crippen molar-refractivity contribution in [2.24, 2.45) is 0 Å². The molecule has 0 aliphatic rings. The lowest BCUT2D eigenvalue weighted by molar-refractivity contribution is -0.384. The summed E-state index contributed by atoms with van der Waals surface area (Å²) < 4.78 is 1.69. The zero-order chi connectivity index (χ0) is 13.8. The Hall–Kier alpha value is -2.50. The maximum atomic E-state index is 11.1. The maximum absolute atomic E-state index is 11.1. The SMILES string of the molecule is CCCc1nccn1-c1ccc(C=O)cc1[N+](=O)[O-]. The summed E-state index contributed by atoms with van der Waals surface area (Å²) in [7, 11) is 0. The predicted octanol–water partition coefficient (Wildman–Crippen LogP) is 2.55. The van der Waals surface area contributed by atoms with Crippen LogP contribution in [0.2, 0.25) is 0 Å². The van der Waals surface area contributed by atoms with Crippen molar-refractivity contribution in [3.05, 3.63) is 52.1 Å². The van der Waals surface area contributed by atoms with Crippen LogP contribution in [0.15, 0.2) is 30.6 Å². The van der Waals surface area contributed by atoms with Gasteiger partial charge in [-0.05, 0) is 18.6 Å². The zero-order valence-electron chi connectivity index (χ0n) is 10.4. The largest absolute Gasteiger partial charge is 0.298 e. The number of hydrogen-bond donors (Lipinski definition) is 0. The van der Waals surface area contributed by atoms with Gasteiger partial charge in [0.05, 0.1) is 4.92 Å². The van der Waals surface area contributed by atoms with E-state index in [4.69, 9.17) is 0 Å². The van der Waals surface area contributed by atoms with Crippen LogP contribution in [0.25, 0.3) is 5.69 Å². The van der Waals surface area contributed by atoms with Crippen LogP contribution in [0.5, 0.6) is 0 Å². The summed E-state index contributed by atoms with van der Waals surface area (Å²) >= 11 is 0. The number of imidazole rings is 1. The van der Waals surface area contributed by atoms with Gasteiger partial charge in [-0.25, -0.2) is 4.98 Å². The molecular weight excluding hydrogens is 246 g/mol. The molecular formula is C13H13N3O3. The van der Waals surface area contributed by atoms with Crippen molar-refractivity contribution in [1.82, 2.24) is 9.55 Å². The smallest absolute Gasteiger partial charge is 0.293 e. The first-order valence-corrected chi connectivity index (χ1v) is 5.93. The summed E-state index contributed by atoms with van der Waals surface area (Å²) in [5.41, 5.74) is 0.615. The van der Waals surface area contributed by atoms with Gasteiger partial charge in [0.15, 0.2) is 0 Å². The minimum atomic E-state index is -0.488. The Kier molecular flexibility index (Phi) is 3.70. The van der Waals surface area contributed by atoms with Crippen LogP contribution in [0.1, 0.15) is 29.5 Å². The zero-order valence-corrected chi connectivity index (χ0v) is 10.4. The average Bonchev–Trinajstić information content (AvgIpc) is 2.86. The lowest BCUT2D eigenvalue weighted by Crippen LogP contribution is -2.04. The van der Waals surface area contributed by atoms with Gasteiger partial charge in [0, 0.05) is 30.4 Å². The van der Waals surface area contributed by atoms with Gasteiger partial charge in [-0.3, -0.25) is 19.5 Å². The molecule has 1 heterocycles. The molecule has 0 fully saturated rings. The maximum Gasteiger partial charge on any atom is 0.293 e. The van der Waals surface area contributed by atoms with E-state index in [-0.39, 0.29) is 11.3 Å². The molecule has 0 radical (unpaired) electrons. The molecule has 0 spiro atoms. The highest BCUT2D eigenvalue weighted by molar-refractivity contribution is 5.77. The molecule has 6 heteroatoms. The van der Waals surface area contributed by atoms with E-state index in [0.29, 0.717) is 12.0 Å². The molecule has 19 heavy (non-hydrogen) atoms. The number of carbonyl (C=O) groups is 1. The highest BCUT2D eigenvalue weighted by atomic mass is 16.6. The van der Waals surface area contributed by atoms with Gasteiger partial charge in [-0.15, -0.1) is 0 Å². The van der Waals surface area contributed by atoms with E-state index >= 15 is 0 Å². The quantitative estimate of drug-likeness (QED) is 0.469. The van der Waals surface area contributed by atoms with Crippen molar-refractivity contribution in [2.75, 3.05) is 0 Å². The molecule has 2 aromatic rings. The van der Waals surface area contributed by atoms with Gasteiger partial charge < -0.3 is 0 Å². The summed E-state index contributed by atoms with van der Waals surface area (Å²) in [6.45, 7) is 2.02. The van der Waals surface area contributed by atoms with Crippen molar-refractivity contribution in [1.29, 1.82) is 0 Å². The molecule has 1 aromatic heterocycles. The molecule has 0 saturated carbocycles. The summed E-state index contributed by atoms with van der Waals surface area (Å²) in [4.78, 5) is 25.5. The summed E-state index contributed by atoms with van der Waals surface area (Å²) in [5, 5.41) is 11.1. The highest BCUT2D eigenvalue weighted by Gasteiger charge is 2.17. The number of rotatable bonds is 5. The van der Waals surface area contributed by atoms with Gasteiger partial charge >= 0.3 is 0 Å². The highest BCUT2D eigenvalue weighted by Crippen LogP contribution is 2.25. The standard InChI is InChI=1S/C13H13N3O3/c1-2-3-13-14-6-7-15(13)11-5-4-10(9-17)8-12(11)16(18)19/h4-9H,2-3H2,1H3. The number of nitrogens with zero attached hydrogens (tertiary/aromatic N) is 3. The lowest BCUT2D eigenvalue weighted by Gasteiger charge is -2.08. The number of nitro benzene ring substituents is 1. The molecule has 0 unspecified atom stereocenters. The fraction of sp³-hybridized carbons (Fsp3) is 0.231. The first-order valence-electron chi connectivity index (χ1n) is 5.93. The van der Waals surface area contributed by atoms with Crippen molar-refractivity contribution in [3.8, 4) is 5.69 Å². The monoisotopic (exact) mass is 259 g/mol. The van der Waals surface area contributed by atoms with Gasteiger partial charge in [-0.2, -0.15) is 0 Å². The van der Waals surface area contributed by atoms with Crippen LogP contribution in [0, 0.1) is 10.1 Å². The first-order chi connectivity index (χ1) is 9.17. The van der Waals surface area contributed by atoms with E-state index < -0.39 is 4.92 Å². The van der Waals surface area contributed by atoms with Crippen molar-refractivity contribution >= 4 is 12.0 Å². The van der Waals surface area contributed by atoms with E-state index in [9.17, 15) is 14.9 Å². The number of aromatic nitrogens is 2. The fourth-order valence-electron chi connectivity index (χ4n) is 1.93. The third-order valence-corrected chi connectivity index (χ3v) is 2.78. The van der Waals surface area contributed by atoms with Crippen LogP contribution in [0.3, 0.4) is 0 Å².